The largest absolute Gasteiger partial charge is 0.308 e. The quantitative estimate of drug-likeness (QED) is 0.591. The van der Waals surface area contributed by atoms with E-state index in [1.165, 1.54) is 0 Å². The molecule has 1 aliphatic rings. The minimum absolute atomic E-state index is 0.0356. The number of hydrogen-bond acceptors (Lipinski definition) is 3. The maximum Gasteiger partial charge on any atom is 0.224 e. The van der Waals surface area contributed by atoms with E-state index in [9.17, 15) is 4.79 Å². The monoisotopic (exact) mass is 273 g/mol. The van der Waals surface area contributed by atoms with Gasteiger partial charge in [-0.1, -0.05) is 12.1 Å². The Morgan fingerprint density at radius 3 is 2.95 bits per heavy atom. The van der Waals surface area contributed by atoms with E-state index < -0.39 is 0 Å². The van der Waals surface area contributed by atoms with Gasteiger partial charge < -0.3 is 4.90 Å². The highest BCUT2D eigenvalue weighted by atomic mass is 16.2. The molecule has 0 saturated heterocycles. The standard InChI is InChI=1S/C17H11N3O/c1-10(21)20-9-12-6-15-14(5-11(7-18)8-19-15)13-3-2-4-16(20)17(12)13/h2-6,8H,9H2,1H3. The van der Waals surface area contributed by atoms with Crippen LogP contribution in [-0.4, -0.2) is 10.9 Å². The lowest BCUT2D eigenvalue weighted by Gasteiger charge is -2.14. The van der Waals surface area contributed by atoms with Crippen molar-refractivity contribution < 1.29 is 4.79 Å². The number of carbonyl (C=O) groups excluding carboxylic acids is 1. The van der Waals surface area contributed by atoms with Crippen LogP contribution in [-0.2, 0) is 11.3 Å². The average molecular weight is 273 g/mol. The number of pyridine rings is 1. The molecule has 21 heavy (non-hydrogen) atoms. The van der Waals surface area contributed by atoms with Gasteiger partial charge in [-0.15, -0.1) is 0 Å². The third-order valence-electron chi connectivity index (χ3n) is 4.01. The van der Waals surface area contributed by atoms with Gasteiger partial charge in [0.25, 0.3) is 0 Å². The van der Waals surface area contributed by atoms with Crippen molar-refractivity contribution in [2.75, 3.05) is 4.90 Å². The molecule has 1 aromatic heterocycles. The summed E-state index contributed by atoms with van der Waals surface area (Å²) in [5.41, 5.74) is 3.46. The van der Waals surface area contributed by atoms with Crippen LogP contribution in [0.3, 0.4) is 0 Å². The van der Waals surface area contributed by atoms with Crippen molar-refractivity contribution in [2.45, 2.75) is 13.5 Å². The Kier molecular flexibility index (Phi) is 2.28. The van der Waals surface area contributed by atoms with E-state index in [0.29, 0.717) is 12.1 Å². The first-order valence-corrected chi connectivity index (χ1v) is 6.71. The molecule has 4 rings (SSSR count). The summed E-state index contributed by atoms with van der Waals surface area (Å²) in [5.74, 6) is 0.0356. The molecule has 0 N–H and O–H groups in total. The van der Waals surface area contributed by atoms with E-state index >= 15 is 0 Å². The fourth-order valence-electron chi connectivity index (χ4n) is 3.09. The van der Waals surface area contributed by atoms with Crippen LogP contribution in [0.15, 0.2) is 36.5 Å². The first-order valence-electron chi connectivity index (χ1n) is 6.71. The Bertz CT molecular complexity index is 969. The predicted molar refractivity (Wildman–Crippen MR) is 80.8 cm³/mol. The average Bonchev–Trinajstić information content (AvgIpc) is 2.87. The Labute approximate surface area is 121 Å². The number of hydrogen-bond donors (Lipinski definition) is 0. The zero-order valence-electron chi connectivity index (χ0n) is 11.4. The van der Waals surface area contributed by atoms with Gasteiger partial charge in [-0.2, -0.15) is 5.26 Å². The first kappa shape index (κ1) is 11.9. The lowest BCUT2D eigenvalue weighted by atomic mass is 10.00. The van der Waals surface area contributed by atoms with Crippen LogP contribution in [0.5, 0.6) is 0 Å². The van der Waals surface area contributed by atoms with Gasteiger partial charge in [0.05, 0.1) is 23.3 Å². The van der Waals surface area contributed by atoms with Gasteiger partial charge in [-0.05, 0) is 29.1 Å². The molecule has 0 spiro atoms. The van der Waals surface area contributed by atoms with Crippen LogP contribution < -0.4 is 4.90 Å². The summed E-state index contributed by atoms with van der Waals surface area (Å²) in [7, 11) is 0. The van der Waals surface area contributed by atoms with Crippen LogP contribution in [0.2, 0.25) is 0 Å². The second kappa shape index (κ2) is 4.03. The van der Waals surface area contributed by atoms with Gasteiger partial charge >= 0.3 is 0 Å². The van der Waals surface area contributed by atoms with Crippen molar-refractivity contribution in [1.29, 1.82) is 5.26 Å². The first-order chi connectivity index (χ1) is 10.2. The van der Waals surface area contributed by atoms with Crippen molar-refractivity contribution in [1.82, 2.24) is 4.98 Å². The lowest BCUT2D eigenvalue weighted by Crippen LogP contribution is -2.23. The molecular weight excluding hydrogens is 262 g/mol. The number of carbonyl (C=O) groups is 1. The van der Waals surface area contributed by atoms with E-state index in [2.05, 4.69) is 11.1 Å². The zero-order valence-corrected chi connectivity index (χ0v) is 11.4. The number of fused-ring (bicyclic) bond motifs is 2. The van der Waals surface area contributed by atoms with E-state index in [4.69, 9.17) is 5.26 Å². The molecule has 1 amide bonds. The number of amides is 1. The summed E-state index contributed by atoms with van der Waals surface area (Å²) >= 11 is 0. The molecule has 0 atom stereocenters. The van der Waals surface area contributed by atoms with Crippen molar-refractivity contribution in [3.63, 3.8) is 0 Å². The van der Waals surface area contributed by atoms with Gasteiger partial charge in [-0.25, -0.2) is 0 Å². The van der Waals surface area contributed by atoms with Crippen LogP contribution in [0, 0.1) is 11.3 Å². The summed E-state index contributed by atoms with van der Waals surface area (Å²) in [6.07, 6.45) is 1.59. The number of aromatic nitrogens is 1. The Hall–Kier alpha value is -2.93. The Balaban J connectivity index is 2.16. The molecule has 0 unspecified atom stereocenters. The summed E-state index contributed by atoms with van der Waals surface area (Å²) in [4.78, 5) is 18.0. The fraction of sp³-hybridized carbons (Fsp3) is 0.118. The van der Waals surface area contributed by atoms with Gasteiger partial charge in [0.15, 0.2) is 0 Å². The molecular formula is C17H11N3O. The van der Waals surface area contributed by atoms with E-state index in [0.717, 1.165) is 32.9 Å². The van der Waals surface area contributed by atoms with Crippen molar-refractivity contribution >= 4 is 33.3 Å². The molecule has 2 heterocycles. The molecule has 4 nitrogen and oxygen atoms in total. The lowest BCUT2D eigenvalue weighted by molar-refractivity contribution is -0.116. The van der Waals surface area contributed by atoms with Gasteiger partial charge in [-0.3, -0.25) is 9.78 Å². The topological polar surface area (TPSA) is 57.0 Å². The van der Waals surface area contributed by atoms with Gasteiger partial charge in [0, 0.05) is 23.9 Å². The maximum atomic E-state index is 11.8. The van der Waals surface area contributed by atoms with Crippen LogP contribution in [0.4, 0.5) is 5.69 Å². The van der Waals surface area contributed by atoms with Crippen molar-refractivity contribution in [3.05, 3.63) is 47.7 Å². The molecule has 3 aromatic rings. The molecule has 0 fully saturated rings. The molecule has 100 valence electrons. The molecule has 1 aliphatic heterocycles. The van der Waals surface area contributed by atoms with Crippen molar-refractivity contribution in [3.8, 4) is 6.07 Å². The molecule has 2 aromatic carbocycles. The molecule has 0 saturated carbocycles. The number of nitrogens with zero attached hydrogens (tertiary/aromatic N) is 3. The van der Waals surface area contributed by atoms with Gasteiger partial charge in [0.2, 0.25) is 5.91 Å². The van der Waals surface area contributed by atoms with E-state index in [1.54, 1.807) is 18.0 Å². The van der Waals surface area contributed by atoms with Gasteiger partial charge in [0.1, 0.15) is 6.07 Å². The highest BCUT2D eigenvalue weighted by Gasteiger charge is 2.25. The van der Waals surface area contributed by atoms with Crippen LogP contribution >= 0.6 is 0 Å². The number of rotatable bonds is 0. The summed E-state index contributed by atoms with van der Waals surface area (Å²) in [5, 5.41) is 12.2. The summed E-state index contributed by atoms with van der Waals surface area (Å²) in [6, 6.07) is 11.9. The zero-order chi connectivity index (χ0) is 14.6. The summed E-state index contributed by atoms with van der Waals surface area (Å²) < 4.78 is 0. The third-order valence-corrected chi connectivity index (χ3v) is 4.01. The minimum Gasteiger partial charge on any atom is -0.308 e. The Morgan fingerprint density at radius 2 is 2.19 bits per heavy atom. The molecule has 0 radical (unpaired) electrons. The Morgan fingerprint density at radius 1 is 1.33 bits per heavy atom. The second-order valence-corrected chi connectivity index (χ2v) is 5.24. The minimum atomic E-state index is 0.0356. The highest BCUT2D eigenvalue weighted by Crippen LogP contribution is 2.40. The smallest absolute Gasteiger partial charge is 0.224 e. The summed E-state index contributed by atoms with van der Waals surface area (Å²) in [6.45, 7) is 2.17. The molecule has 0 bridgehead atoms. The highest BCUT2D eigenvalue weighted by molar-refractivity contribution is 6.16. The van der Waals surface area contributed by atoms with Crippen LogP contribution in [0.25, 0.3) is 21.7 Å². The second-order valence-electron chi connectivity index (χ2n) is 5.24. The molecule has 0 aliphatic carbocycles. The van der Waals surface area contributed by atoms with E-state index in [1.807, 2.05) is 30.3 Å². The SMILES string of the molecule is CC(=O)N1Cc2cc3ncc(C#N)cc3c3cccc1c23. The maximum absolute atomic E-state index is 11.8. The normalized spacial score (nSPS) is 12.9. The number of benzene rings is 2. The third kappa shape index (κ3) is 1.55. The van der Waals surface area contributed by atoms with E-state index in [-0.39, 0.29) is 5.91 Å². The number of nitriles is 1. The van der Waals surface area contributed by atoms with Crippen LogP contribution in [0.1, 0.15) is 18.1 Å². The fourth-order valence-corrected chi connectivity index (χ4v) is 3.09. The van der Waals surface area contributed by atoms with Crippen molar-refractivity contribution in [2.24, 2.45) is 0 Å². The predicted octanol–water partition coefficient (Wildman–Crippen LogP) is 3.13. The number of anilines is 1. The molecule has 4 heteroatoms.